The van der Waals surface area contributed by atoms with Crippen LogP contribution >= 0.6 is 11.3 Å². The Morgan fingerprint density at radius 3 is 3.11 bits per heavy atom. The molecule has 0 atom stereocenters. The molecule has 0 saturated heterocycles. The van der Waals surface area contributed by atoms with E-state index >= 15 is 0 Å². The second-order valence-corrected chi connectivity index (χ2v) is 5.28. The predicted molar refractivity (Wildman–Crippen MR) is 75.3 cm³/mol. The molecule has 0 aliphatic carbocycles. The van der Waals surface area contributed by atoms with Crippen LogP contribution in [0, 0.1) is 6.92 Å². The maximum atomic E-state index is 5.29. The van der Waals surface area contributed by atoms with Crippen LogP contribution in [-0.4, -0.2) is 11.5 Å². The highest BCUT2D eigenvalue weighted by Crippen LogP contribution is 2.26. The van der Waals surface area contributed by atoms with Crippen LogP contribution in [0.5, 0.6) is 0 Å². The van der Waals surface area contributed by atoms with E-state index in [0.717, 1.165) is 29.4 Å². The van der Waals surface area contributed by atoms with Gasteiger partial charge in [0.2, 0.25) is 0 Å². The molecule has 0 bridgehead atoms. The lowest BCUT2D eigenvalue weighted by atomic mass is 10.2. The number of fused-ring (bicyclic) bond motifs is 1. The van der Waals surface area contributed by atoms with Gasteiger partial charge in [-0.25, -0.2) is 4.98 Å². The lowest BCUT2D eigenvalue weighted by molar-refractivity contribution is 0.513. The molecule has 0 radical (unpaired) electrons. The van der Waals surface area contributed by atoms with E-state index in [9.17, 15) is 0 Å². The van der Waals surface area contributed by atoms with Gasteiger partial charge in [-0.1, -0.05) is 17.4 Å². The summed E-state index contributed by atoms with van der Waals surface area (Å²) in [7, 11) is 0. The number of anilines is 1. The van der Waals surface area contributed by atoms with E-state index in [0.29, 0.717) is 0 Å². The fraction of sp³-hybridized carbons (Fsp3) is 0.214. The molecule has 92 valence electrons. The highest BCUT2D eigenvalue weighted by molar-refractivity contribution is 7.22. The van der Waals surface area contributed by atoms with Gasteiger partial charge < -0.3 is 9.73 Å². The number of thiazole rings is 1. The Bertz CT molecular complexity index is 643. The van der Waals surface area contributed by atoms with E-state index in [4.69, 9.17) is 4.42 Å². The summed E-state index contributed by atoms with van der Waals surface area (Å²) in [6, 6.07) is 10.2. The number of rotatable bonds is 4. The van der Waals surface area contributed by atoms with Crippen LogP contribution in [0.1, 0.15) is 11.3 Å². The molecule has 0 saturated carbocycles. The minimum Gasteiger partial charge on any atom is -0.469 e. The molecule has 2 heterocycles. The Hall–Kier alpha value is -1.81. The summed E-state index contributed by atoms with van der Waals surface area (Å²) >= 11 is 1.70. The molecule has 0 aliphatic heterocycles. The summed E-state index contributed by atoms with van der Waals surface area (Å²) in [6.45, 7) is 2.94. The van der Waals surface area contributed by atoms with Crippen LogP contribution in [0.3, 0.4) is 0 Å². The van der Waals surface area contributed by atoms with Crippen molar-refractivity contribution in [2.24, 2.45) is 0 Å². The molecule has 18 heavy (non-hydrogen) atoms. The number of benzene rings is 1. The lowest BCUT2D eigenvalue weighted by Crippen LogP contribution is -2.03. The van der Waals surface area contributed by atoms with Crippen molar-refractivity contribution in [1.82, 2.24) is 4.98 Å². The fourth-order valence-electron chi connectivity index (χ4n) is 1.85. The number of furan rings is 1. The lowest BCUT2D eigenvalue weighted by Gasteiger charge is -1.99. The number of nitrogens with one attached hydrogen (secondary N) is 1. The SMILES string of the molecule is Cc1ccc2nc(NCCc3ccco3)sc2c1. The Morgan fingerprint density at radius 1 is 1.33 bits per heavy atom. The minimum atomic E-state index is 0.840. The molecular weight excluding hydrogens is 244 g/mol. The van der Waals surface area contributed by atoms with Gasteiger partial charge in [-0.05, 0) is 36.8 Å². The Morgan fingerprint density at radius 2 is 2.28 bits per heavy atom. The first-order chi connectivity index (χ1) is 8.81. The first-order valence-electron chi connectivity index (χ1n) is 5.95. The Labute approximate surface area is 109 Å². The average Bonchev–Trinajstić information content (AvgIpc) is 2.97. The first kappa shape index (κ1) is 11.3. The number of aromatic nitrogens is 1. The highest BCUT2D eigenvalue weighted by Gasteiger charge is 2.03. The van der Waals surface area contributed by atoms with Crippen molar-refractivity contribution in [3.8, 4) is 0 Å². The molecular formula is C14H14N2OS. The largest absolute Gasteiger partial charge is 0.469 e. The molecule has 1 aromatic carbocycles. The van der Waals surface area contributed by atoms with Gasteiger partial charge in [0.1, 0.15) is 5.76 Å². The Kier molecular flexibility index (Phi) is 3.02. The third-order valence-corrected chi connectivity index (χ3v) is 3.75. The zero-order valence-corrected chi connectivity index (χ0v) is 11.0. The van der Waals surface area contributed by atoms with Gasteiger partial charge in [-0.3, -0.25) is 0 Å². The standard InChI is InChI=1S/C14H14N2OS/c1-10-4-5-12-13(9-10)18-14(16-12)15-7-6-11-3-2-8-17-11/h2-5,8-9H,6-7H2,1H3,(H,15,16). The van der Waals surface area contributed by atoms with Crippen molar-refractivity contribution in [3.05, 3.63) is 47.9 Å². The van der Waals surface area contributed by atoms with Crippen molar-refractivity contribution >= 4 is 26.7 Å². The maximum Gasteiger partial charge on any atom is 0.183 e. The topological polar surface area (TPSA) is 38.1 Å². The molecule has 2 aromatic heterocycles. The molecule has 4 heteroatoms. The summed E-state index contributed by atoms with van der Waals surface area (Å²) in [5.74, 6) is 0.999. The van der Waals surface area contributed by atoms with Gasteiger partial charge in [0.05, 0.1) is 16.5 Å². The molecule has 0 spiro atoms. The molecule has 0 unspecified atom stereocenters. The number of hydrogen-bond donors (Lipinski definition) is 1. The summed E-state index contributed by atoms with van der Waals surface area (Å²) in [4.78, 5) is 4.55. The van der Waals surface area contributed by atoms with Crippen molar-refractivity contribution in [1.29, 1.82) is 0 Å². The maximum absolute atomic E-state index is 5.29. The van der Waals surface area contributed by atoms with Gasteiger partial charge in [-0.15, -0.1) is 0 Å². The van der Waals surface area contributed by atoms with Crippen LogP contribution in [-0.2, 0) is 6.42 Å². The van der Waals surface area contributed by atoms with Crippen LogP contribution in [0.4, 0.5) is 5.13 Å². The molecule has 1 N–H and O–H groups in total. The number of hydrogen-bond acceptors (Lipinski definition) is 4. The number of nitrogens with zero attached hydrogens (tertiary/aromatic N) is 1. The molecule has 3 rings (SSSR count). The Balaban J connectivity index is 1.67. The normalized spacial score (nSPS) is 10.9. The van der Waals surface area contributed by atoms with Crippen LogP contribution in [0.2, 0.25) is 0 Å². The zero-order chi connectivity index (χ0) is 12.4. The third kappa shape index (κ3) is 2.38. The summed E-state index contributed by atoms with van der Waals surface area (Å²) in [5, 5.41) is 4.31. The second-order valence-electron chi connectivity index (χ2n) is 4.25. The fourth-order valence-corrected chi connectivity index (χ4v) is 2.84. The van der Waals surface area contributed by atoms with Crippen molar-refractivity contribution in [2.75, 3.05) is 11.9 Å². The molecule has 3 nitrogen and oxygen atoms in total. The third-order valence-electron chi connectivity index (χ3n) is 2.77. The number of aryl methyl sites for hydroxylation is 1. The van der Waals surface area contributed by atoms with E-state index in [-0.39, 0.29) is 0 Å². The molecule has 3 aromatic rings. The van der Waals surface area contributed by atoms with E-state index in [1.807, 2.05) is 12.1 Å². The van der Waals surface area contributed by atoms with E-state index in [2.05, 4.69) is 35.4 Å². The van der Waals surface area contributed by atoms with Gasteiger partial charge in [-0.2, -0.15) is 0 Å². The van der Waals surface area contributed by atoms with Crippen molar-refractivity contribution in [2.45, 2.75) is 13.3 Å². The van der Waals surface area contributed by atoms with E-state index in [1.165, 1.54) is 10.3 Å². The predicted octanol–water partition coefficient (Wildman–Crippen LogP) is 3.85. The summed E-state index contributed by atoms with van der Waals surface area (Å²) in [5.41, 5.74) is 2.33. The van der Waals surface area contributed by atoms with Crippen LogP contribution in [0.25, 0.3) is 10.2 Å². The smallest absolute Gasteiger partial charge is 0.183 e. The van der Waals surface area contributed by atoms with Gasteiger partial charge in [0.25, 0.3) is 0 Å². The molecule has 0 fully saturated rings. The minimum absolute atomic E-state index is 0.840. The van der Waals surface area contributed by atoms with E-state index < -0.39 is 0 Å². The van der Waals surface area contributed by atoms with Gasteiger partial charge in [0, 0.05) is 13.0 Å². The summed E-state index contributed by atoms with van der Waals surface area (Å²) in [6.07, 6.45) is 2.58. The van der Waals surface area contributed by atoms with Crippen LogP contribution in [0.15, 0.2) is 41.0 Å². The quantitative estimate of drug-likeness (QED) is 0.772. The molecule has 0 aliphatic rings. The zero-order valence-electron chi connectivity index (χ0n) is 10.1. The van der Waals surface area contributed by atoms with Crippen molar-refractivity contribution < 1.29 is 4.42 Å². The van der Waals surface area contributed by atoms with Gasteiger partial charge >= 0.3 is 0 Å². The van der Waals surface area contributed by atoms with E-state index in [1.54, 1.807) is 17.6 Å². The monoisotopic (exact) mass is 258 g/mol. The molecule has 0 amide bonds. The van der Waals surface area contributed by atoms with Crippen LogP contribution < -0.4 is 5.32 Å². The summed E-state index contributed by atoms with van der Waals surface area (Å²) < 4.78 is 6.52. The second kappa shape index (κ2) is 4.82. The average molecular weight is 258 g/mol. The van der Waals surface area contributed by atoms with Gasteiger partial charge in [0.15, 0.2) is 5.13 Å². The van der Waals surface area contributed by atoms with Crippen molar-refractivity contribution in [3.63, 3.8) is 0 Å². The highest BCUT2D eigenvalue weighted by atomic mass is 32.1. The first-order valence-corrected chi connectivity index (χ1v) is 6.76.